The molecule has 1 amide bonds. The van der Waals surface area contributed by atoms with Gasteiger partial charge in [-0.2, -0.15) is 0 Å². The number of anilines is 1. The summed E-state index contributed by atoms with van der Waals surface area (Å²) in [7, 11) is 0. The summed E-state index contributed by atoms with van der Waals surface area (Å²) in [6.45, 7) is 2.77. The zero-order valence-electron chi connectivity index (χ0n) is 13.5. The lowest BCUT2D eigenvalue weighted by atomic mass is 10.1. The van der Waals surface area contributed by atoms with Crippen molar-refractivity contribution in [3.63, 3.8) is 0 Å². The first kappa shape index (κ1) is 16.0. The molecule has 1 atom stereocenters. The van der Waals surface area contributed by atoms with Crippen LogP contribution in [0.3, 0.4) is 0 Å². The standard InChI is InChI=1S/C20H20N2O2/c1-15(19-8-5-13-24-19)21-14-16-9-11-17(12-10-16)20(23)22-18-6-3-2-4-7-18/h2-13,15,21H,14H2,1H3,(H,22,23)/t15-/m1/s1. The minimum absolute atomic E-state index is 0.107. The summed E-state index contributed by atoms with van der Waals surface area (Å²) in [6, 6.07) is 21.0. The smallest absolute Gasteiger partial charge is 0.255 e. The normalized spacial score (nSPS) is 11.9. The second-order valence-electron chi connectivity index (χ2n) is 5.64. The highest BCUT2D eigenvalue weighted by molar-refractivity contribution is 6.04. The SMILES string of the molecule is C[C@@H](NCc1ccc(C(=O)Nc2ccccc2)cc1)c1ccco1. The number of benzene rings is 2. The van der Waals surface area contributed by atoms with Crippen molar-refractivity contribution >= 4 is 11.6 Å². The van der Waals surface area contributed by atoms with E-state index in [0.717, 1.165) is 17.0 Å². The minimum atomic E-state index is -0.107. The van der Waals surface area contributed by atoms with Gasteiger partial charge in [0.2, 0.25) is 0 Å². The van der Waals surface area contributed by atoms with Gasteiger partial charge in [-0.15, -0.1) is 0 Å². The number of para-hydroxylation sites is 1. The summed E-state index contributed by atoms with van der Waals surface area (Å²) >= 11 is 0. The molecule has 3 rings (SSSR count). The van der Waals surface area contributed by atoms with E-state index in [4.69, 9.17) is 4.42 Å². The van der Waals surface area contributed by atoms with Gasteiger partial charge < -0.3 is 15.1 Å². The monoisotopic (exact) mass is 320 g/mol. The number of rotatable bonds is 6. The molecule has 0 aliphatic heterocycles. The van der Waals surface area contributed by atoms with Gasteiger partial charge in [-0.3, -0.25) is 4.79 Å². The summed E-state index contributed by atoms with van der Waals surface area (Å²) in [5, 5.41) is 6.28. The Morgan fingerprint density at radius 1 is 1.00 bits per heavy atom. The van der Waals surface area contributed by atoms with Crippen LogP contribution in [0.2, 0.25) is 0 Å². The van der Waals surface area contributed by atoms with Crippen molar-refractivity contribution in [2.75, 3.05) is 5.32 Å². The van der Waals surface area contributed by atoms with Gasteiger partial charge in [0.15, 0.2) is 0 Å². The van der Waals surface area contributed by atoms with Crippen LogP contribution in [0.15, 0.2) is 77.4 Å². The molecular formula is C20H20N2O2. The summed E-state index contributed by atoms with van der Waals surface area (Å²) < 4.78 is 5.38. The maximum absolute atomic E-state index is 12.2. The van der Waals surface area contributed by atoms with Crippen molar-refractivity contribution in [3.05, 3.63) is 89.9 Å². The van der Waals surface area contributed by atoms with Crippen LogP contribution >= 0.6 is 0 Å². The van der Waals surface area contributed by atoms with Crippen LogP contribution < -0.4 is 10.6 Å². The molecule has 1 aromatic heterocycles. The van der Waals surface area contributed by atoms with E-state index in [1.807, 2.05) is 66.7 Å². The van der Waals surface area contributed by atoms with E-state index < -0.39 is 0 Å². The van der Waals surface area contributed by atoms with E-state index in [2.05, 4.69) is 17.6 Å². The van der Waals surface area contributed by atoms with Crippen LogP contribution in [0.4, 0.5) is 5.69 Å². The highest BCUT2D eigenvalue weighted by atomic mass is 16.3. The van der Waals surface area contributed by atoms with Crippen LogP contribution in [0.5, 0.6) is 0 Å². The predicted octanol–water partition coefficient (Wildman–Crippen LogP) is 4.38. The van der Waals surface area contributed by atoms with Crippen molar-refractivity contribution in [1.82, 2.24) is 5.32 Å². The number of nitrogens with one attached hydrogen (secondary N) is 2. The zero-order chi connectivity index (χ0) is 16.8. The first-order chi connectivity index (χ1) is 11.7. The van der Waals surface area contributed by atoms with Crippen molar-refractivity contribution in [2.24, 2.45) is 0 Å². The summed E-state index contributed by atoms with van der Waals surface area (Å²) in [5.41, 5.74) is 2.55. The molecule has 0 unspecified atom stereocenters. The number of carbonyl (C=O) groups is 1. The fourth-order valence-electron chi connectivity index (χ4n) is 2.41. The third-order valence-electron chi connectivity index (χ3n) is 3.83. The predicted molar refractivity (Wildman–Crippen MR) is 94.8 cm³/mol. The van der Waals surface area contributed by atoms with Crippen molar-refractivity contribution < 1.29 is 9.21 Å². The first-order valence-corrected chi connectivity index (χ1v) is 7.94. The van der Waals surface area contributed by atoms with E-state index in [-0.39, 0.29) is 11.9 Å². The van der Waals surface area contributed by atoms with Gasteiger partial charge in [0.05, 0.1) is 12.3 Å². The summed E-state index contributed by atoms with van der Waals surface area (Å²) in [4.78, 5) is 12.2. The van der Waals surface area contributed by atoms with Crippen LogP contribution in [0.25, 0.3) is 0 Å². The molecule has 0 spiro atoms. The Morgan fingerprint density at radius 3 is 2.42 bits per heavy atom. The number of carbonyl (C=O) groups excluding carboxylic acids is 1. The van der Waals surface area contributed by atoms with E-state index >= 15 is 0 Å². The number of hydrogen-bond acceptors (Lipinski definition) is 3. The molecule has 2 aromatic carbocycles. The Kier molecular flexibility index (Phi) is 5.08. The van der Waals surface area contributed by atoms with Crippen LogP contribution in [-0.2, 0) is 6.54 Å². The molecule has 0 bridgehead atoms. The summed E-state index contributed by atoms with van der Waals surface area (Å²) in [5.74, 6) is 0.804. The fraction of sp³-hybridized carbons (Fsp3) is 0.150. The molecule has 4 heteroatoms. The average Bonchev–Trinajstić information content (AvgIpc) is 3.16. The van der Waals surface area contributed by atoms with Gasteiger partial charge in [0.25, 0.3) is 5.91 Å². The Hall–Kier alpha value is -2.85. The number of hydrogen-bond donors (Lipinski definition) is 2. The molecule has 3 aromatic rings. The molecular weight excluding hydrogens is 300 g/mol. The molecule has 0 radical (unpaired) electrons. The van der Waals surface area contributed by atoms with Crippen molar-refractivity contribution in [2.45, 2.75) is 19.5 Å². The van der Waals surface area contributed by atoms with Crippen molar-refractivity contribution in [3.8, 4) is 0 Å². The lowest BCUT2D eigenvalue weighted by molar-refractivity contribution is 0.102. The average molecular weight is 320 g/mol. The fourth-order valence-corrected chi connectivity index (χ4v) is 2.41. The van der Waals surface area contributed by atoms with Gasteiger partial charge >= 0.3 is 0 Å². The Bertz CT molecular complexity index is 765. The zero-order valence-corrected chi connectivity index (χ0v) is 13.5. The molecule has 0 saturated carbocycles. The van der Waals surface area contributed by atoms with E-state index in [0.29, 0.717) is 12.1 Å². The Labute approximate surface area is 141 Å². The molecule has 122 valence electrons. The molecule has 2 N–H and O–H groups in total. The van der Waals surface area contributed by atoms with Gasteiger partial charge in [-0.25, -0.2) is 0 Å². The maximum Gasteiger partial charge on any atom is 0.255 e. The highest BCUT2D eigenvalue weighted by Gasteiger charge is 2.08. The molecule has 0 aliphatic rings. The van der Waals surface area contributed by atoms with Gasteiger partial charge in [-0.05, 0) is 48.9 Å². The summed E-state index contributed by atoms with van der Waals surface area (Å²) in [6.07, 6.45) is 1.67. The van der Waals surface area contributed by atoms with Gasteiger partial charge in [0, 0.05) is 17.8 Å². The van der Waals surface area contributed by atoms with Crippen LogP contribution in [-0.4, -0.2) is 5.91 Å². The van der Waals surface area contributed by atoms with Crippen LogP contribution in [0, 0.1) is 0 Å². The largest absolute Gasteiger partial charge is 0.468 e. The third-order valence-corrected chi connectivity index (χ3v) is 3.83. The second kappa shape index (κ2) is 7.62. The second-order valence-corrected chi connectivity index (χ2v) is 5.64. The quantitative estimate of drug-likeness (QED) is 0.708. The highest BCUT2D eigenvalue weighted by Crippen LogP contribution is 2.14. The molecule has 1 heterocycles. The number of amides is 1. The Balaban J connectivity index is 1.56. The molecule has 0 fully saturated rings. The Morgan fingerprint density at radius 2 is 1.75 bits per heavy atom. The van der Waals surface area contributed by atoms with Gasteiger partial charge in [-0.1, -0.05) is 30.3 Å². The lowest BCUT2D eigenvalue weighted by Crippen LogP contribution is -2.17. The van der Waals surface area contributed by atoms with E-state index in [9.17, 15) is 4.79 Å². The third kappa shape index (κ3) is 4.12. The lowest BCUT2D eigenvalue weighted by Gasteiger charge is -2.11. The number of furan rings is 1. The molecule has 24 heavy (non-hydrogen) atoms. The molecule has 0 saturated heterocycles. The van der Waals surface area contributed by atoms with Crippen molar-refractivity contribution in [1.29, 1.82) is 0 Å². The topological polar surface area (TPSA) is 54.3 Å². The van der Waals surface area contributed by atoms with Crippen LogP contribution in [0.1, 0.15) is 34.6 Å². The first-order valence-electron chi connectivity index (χ1n) is 7.94. The minimum Gasteiger partial charge on any atom is -0.468 e. The van der Waals surface area contributed by atoms with E-state index in [1.54, 1.807) is 6.26 Å². The van der Waals surface area contributed by atoms with E-state index in [1.165, 1.54) is 0 Å². The maximum atomic E-state index is 12.2. The molecule has 4 nitrogen and oxygen atoms in total. The molecule has 0 aliphatic carbocycles. The van der Waals surface area contributed by atoms with Gasteiger partial charge in [0.1, 0.15) is 5.76 Å².